The molecule has 0 aliphatic rings. The first-order chi connectivity index (χ1) is 6.25. The third kappa shape index (κ3) is 1.56. The summed E-state index contributed by atoms with van der Waals surface area (Å²) in [6.07, 6.45) is 7.18. The highest BCUT2D eigenvalue weighted by Crippen LogP contribution is 2.13. The van der Waals surface area contributed by atoms with E-state index < -0.39 is 0 Å². The van der Waals surface area contributed by atoms with Crippen molar-refractivity contribution in [3.05, 3.63) is 30.5 Å². The molecular formula is C9H10N4. The number of rotatable bonds is 1. The van der Waals surface area contributed by atoms with Gasteiger partial charge in [-0.25, -0.2) is 4.98 Å². The summed E-state index contributed by atoms with van der Waals surface area (Å²) in [6, 6.07) is 0. The van der Waals surface area contributed by atoms with Gasteiger partial charge in [0.15, 0.2) is 0 Å². The van der Waals surface area contributed by atoms with E-state index in [9.17, 15) is 0 Å². The lowest BCUT2D eigenvalue weighted by Gasteiger charge is -1.95. The minimum absolute atomic E-state index is 0.869. The highest BCUT2D eigenvalue weighted by Gasteiger charge is 2.01. The SMILES string of the molecule is Cc1cncc(-c2cnn(C)c2)n1. The fourth-order valence-corrected chi connectivity index (χ4v) is 1.16. The molecule has 2 aromatic heterocycles. The van der Waals surface area contributed by atoms with Crippen LogP contribution in [0.15, 0.2) is 24.8 Å². The van der Waals surface area contributed by atoms with Gasteiger partial charge in [0.25, 0.3) is 0 Å². The quantitative estimate of drug-likeness (QED) is 0.652. The van der Waals surface area contributed by atoms with Crippen LogP contribution in [-0.2, 0) is 7.05 Å². The molecule has 0 aliphatic carbocycles. The molecule has 4 nitrogen and oxygen atoms in total. The van der Waals surface area contributed by atoms with Gasteiger partial charge < -0.3 is 0 Å². The Morgan fingerprint density at radius 1 is 1.23 bits per heavy atom. The second kappa shape index (κ2) is 2.97. The van der Waals surface area contributed by atoms with E-state index in [4.69, 9.17) is 0 Å². The largest absolute Gasteiger partial charge is 0.275 e. The van der Waals surface area contributed by atoms with Gasteiger partial charge in [-0.3, -0.25) is 9.67 Å². The Morgan fingerprint density at radius 3 is 2.69 bits per heavy atom. The average molecular weight is 174 g/mol. The van der Waals surface area contributed by atoms with Crippen LogP contribution >= 0.6 is 0 Å². The summed E-state index contributed by atoms with van der Waals surface area (Å²) < 4.78 is 1.75. The van der Waals surface area contributed by atoms with Crippen molar-refractivity contribution in [2.45, 2.75) is 6.92 Å². The summed E-state index contributed by atoms with van der Waals surface area (Å²) in [5, 5.41) is 4.07. The molecule has 4 heteroatoms. The van der Waals surface area contributed by atoms with Gasteiger partial charge in [0.1, 0.15) is 0 Å². The fraction of sp³-hybridized carbons (Fsp3) is 0.222. The summed E-state index contributed by atoms with van der Waals surface area (Å²) in [5.41, 5.74) is 2.79. The second-order valence-corrected chi connectivity index (χ2v) is 2.95. The topological polar surface area (TPSA) is 43.6 Å². The molecule has 0 aliphatic heterocycles. The molecule has 0 amide bonds. The predicted molar refractivity (Wildman–Crippen MR) is 49.0 cm³/mol. The maximum absolute atomic E-state index is 4.34. The summed E-state index contributed by atoms with van der Waals surface area (Å²) in [5.74, 6) is 0. The van der Waals surface area contributed by atoms with Gasteiger partial charge in [0.2, 0.25) is 0 Å². The highest BCUT2D eigenvalue weighted by molar-refractivity contribution is 5.55. The van der Waals surface area contributed by atoms with Crippen LogP contribution < -0.4 is 0 Å². The van der Waals surface area contributed by atoms with Crippen LogP contribution in [0.1, 0.15) is 5.69 Å². The van der Waals surface area contributed by atoms with Gasteiger partial charge in [-0.15, -0.1) is 0 Å². The van der Waals surface area contributed by atoms with Gasteiger partial charge in [-0.05, 0) is 6.92 Å². The zero-order chi connectivity index (χ0) is 9.26. The molecule has 0 saturated heterocycles. The van der Waals surface area contributed by atoms with Crippen LogP contribution in [0, 0.1) is 6.92 Å². The second-order valence-electron chi connectivity index (χ2n) is 2.95. The van der Waals surface area contributed by atoms with Crippen molar-refractivity contribution >= 4 is 0 Å². The Kier molecular flexibility index (Phi) is 1.81. The van der Waals surface area contributed by atoms with E-state index in [-0.39, 0.29) is 0 Å². The molecule has 2 rings (SSSR count). The van der Waals surface area contributed by atoms with E-state index in [0.29, 0.717) is 0 Å². The molecule has 0 spiro atoms. The summed E-state index contributed by atoms with van der Waals surface area (Å²) in [6.45, 7) is 1.92. The van der Waals surface area contributed by atoms with Crippen LogP contribution in [0.2, 0.25) is 0 Å². The minimum Gasteiger partial charge on any atom is -0.275 e. The first-order valence-electron chi connectivity index (χ1n) is 4.03. The lowest BCUT2D eigenvalue weighted by Crippen LogP contribution is -1.87. The van der Waals surface area contributed by atoms with Crippen molar-refractivity contribution in [1.82, 2.24) is 19.7 Å². The maximum atomic E-state index is 4.34. The first-order valence-corrected chi connectivity index (χ1v) is 4.03. The van der Waals surface area contributed by atoms with E-state index in [2.05, 4.69) is 15.1 Å². The summed E-state index contributed by atoms with van der Waals surface area (Å²) in [7, 11) is 1.88. The molecule has 0 N–H and O–H groups in total. The van der Waals surface area contributed by atoms with Gasteiger partial charge in [0, 0.05) is 25.0 Å². The highest BCUT2D eigenvalue weighted by atomic mass is 15.2. The van der Waals surface area contributed by atoms with Crippen molar-refractivity contribution in [1.29, 1.82) is 0 Å². The Morgan fingerprint density at radius 2 is 2.08 bits per heavy atom. The van der Waals surface area contributed by atoms with Crippen LogP contribution in [0.25, 0.3) is 11.3 Å². The third-order valence-electron chi connectivity index (χ3n) is 1.76. The Balaban J connectivity index is 2.46. The van der Waals surface area contributed by atoms with E-state index in [1.807, 2.05) is 20.2 Å². The van der Waals surface area contributed by atoms with Crippen LogP contribution in [0.4, 0.5) is 0 Å². The van der Waals surface area contributed by atoms with Crippen LogP contribution in [0.3, 0.4) is 0 Å². The number of hydrogen-bond acceptors (Lipinski definition) is 3. The molecule has 0 aromatic carbocycles. The number of hydrogen-bond donors (Lipinski definition) is 0. The molecule has 0 atom stereocenters. The zero-order valence-corrected chi connectivity index (χ0v) is 7.60. The van der Waals surface area contributed by atoms with Gasteiger partial charge >= 0.3 is 0 Å². The Hall–Kier alpha value is -1.71. The van der Waals surface area contributed by atoms with Gasteiger partial charge in [-0.2, -0.15) is 5.10 Å². The van der Waals surface area contributed by atoms with Gasteiger partial charge in [-0.1, -0.05) is 0 Å². The van der Waals surface area contributed by atoms with Crippen molar-refractivity contribution in [2.75, 3.05) is 0 Å². The molecular weight excluding hydrogens is 164 g/mol. The molecule has 0 radical (unpaired) electrons. The molecule has 0 saturated carbocycles. The Labute approximate surface area is 76.3 Å². The lowest BCUT2D eigenvalue weighted by molar-refractivity contribution is 0.768. The lowest BCUT2D eigenvalue weighted by atomic mass is 10.2. The smallest absolute Gasteiger partial charge is 0.0919 e. The molecule has 0 unspecified atom stereocenters. The molecule has 13 heavy (non-hydrogen) atoms. The third-order valence-corrected chi connectivity index (χ3v) is 1.76. The fourth-order valence-electron chi connectivity index (χ4n) is 1.16. The average Bonchev–Trinajstić information content (AvgIpc) is 2.52. The molecule has 0 bridgehead atoms. The van der Waals surface area contributed by atoms with Gasteiger partial charge in [0.05, 0.1) is 23.8 Å². The molecule has 0 fully saturated rings. The summed E-state index contributed by atoms with van der Waals surface area (Å²) in [4.78, 5) is 8.41. The van der Waals surface area contributed by atoms with Crippen molar-refractivity contribution in [3.63, 3.8) is 0 Å². The maximum Gasteiger partial charge on any atom is 0.0919 e. The molecule has 2 heterocycles. The van der Waals surface area contributed by atoms with Crippen molar-refractivity contribution < 1.29 is 0 Å². The minimum atomic E-state index is 0.869. The Bertz CT molecular complexity index is 419. The predicted octanol–water partition coefficient (Wildman–Crippen LogP) is 1.19. The molecule has 2 aromatic rings. The van der Waals surface area contributed by atoms with Crippen molar-refractivity contribution in [3.8, 4) is 11.3 Å². The number of aryl methyl sites for hydroxylation is 2. The standard InChI is InChI=1S/C9H10N4/c1-7-3-10-5-9(12-7)8-4-11-13(2)6-8/h3-6H,1-2H3. The number of aromatic nitrogens is 4. The van der Waals surface area contributed by atoms with E-state index in [1.54, 1.807) is 23.3 Å². The van der Waals surface area contributed by atoms with Crippen LogP contribution in [0.5, 0.6) is 0 Å². The first kappa shape index (κ1) is 7.91. The normalized spacial score (nSPS) is 10.3. The van der Waals surface area contributed by atoms with Crippen molar-refractivity contribution in [2.24, 2.45) is 7.05 Å². The molecule has 66 valence electrons. The number of nitrogens with zero attached hydrogens (tertiary/aromatic N) is 4. The summed E-state index contributed by atoms with van der Waals surface area (Å²) >= 11 is 0. The van der Waals surface area contributed by atoms with E-state index >= 15 is 0 Å². The monoisotopic (exact) mass is 174 g/mol. The van der Waals surface area contributed by atoms with Crippen LogP contribution in [-0.4, -0.2) is 19.7 Å². The van der Waals surface area contributed by atoms with E-state index in [1.165, 1.54) is 0 Å². The van der Waals surface area contributed by atoms with E-state index in [0.717, 1.165) is 17.0 Å². The zero-order valence-electron chi connectivity index (χ0n) is 7.60.